The van der Waals surface area contributed by atoms with Crippen LogP contribution in [0, 0.1) is 5.82 Å². The fourth-order valence-electron chi connectivity index (χ4n) is 4.31. The zero-order valence-corrected chi connectivity index (χ0v) is 19.8. The lowest BCUT2D eigenvalue weighted by molar-refractivity contribution is -0.130. The molecule has 0 bridgehead atoms. The van der Waals surface area contributed by atoms with Gasteiger partial charge < -0.3 is 4.90 Å². The van der Waals surface area contributed by atoms with Gasteiger partial charge in [0.15, 0.2) is 0 Å². The Bertz CT molecular complexity index is 1020. The minimum absolute atomic E-state index is 0.0393. The molecule has 0 saturated carbocycles. The lowest BCUT2D eigenvalue weighted by atomic mass is 10.2. The number of nitrogens with zero attached hydrogens (tertiary/aromatic N) is 3. The molecule has 3 heterocycles. The van der Waals surface area contributed by atoms with Crippen molar-refractivity contribution in [1.29, 1.82) is 0 Å². The van der Waals surface area contributed by atoms with Gasteiger partial charge in [0.25, 0.3) is 10.0 Å². The maximum Gasteiger partial charge on any atom is 0.252 e. The second kappa shape index (κ2) is 10.4. The van der Waals surface area contributed by atoms with Gasteiger partial charge in [0, 0.05) is 50.7 Å². The molecule has 2 aliphatic rings. The van der Waals surface area contributed by atoms with Crippen LogP contribution in [0.4, 0.5) is 4.39 Å². The van der Waals surface area contributed by atoms with Crippen LogP contribution in [0.15, 0.2) is 40.6 Å². The monoisotopic (exact) mass is 479 g/mol. The third-order valence-corrected chi connectivity index (χ3v) is 9.58. The van der Waals surface area contributed by atoms with Crippen LogP contribution in [0.25, 0.3) is 0 Å². The minimum Gasteiger partial charge on any atom is -0.341 e. The van der Waals surface area contributed by atoms with E-state index in [-0.39, 0.29) is 18.1 Å². The highest BCUT2D eigenvalue weighted by Crippen LogP contribution is 2.27. The Morgan fingerprint density at radius 1 is 0.875 bits per heavy atom. The molecule has 1 aromatic carbocycles. The van der Waals surface area contributed by atoms with E-state index in [9.17, 15) is 17.6 Å². The molecule has 0 radical (unpaired) electrons. The topological polar surface area (TPSA) is 60.9 Å². The molecule has 2 fully saturated rings. The number of hydrogen-bond donors (Lipinski definition) is 0. The van der Waals surface area contributed by atoms with Crippen molar-refractivity contribution in [3.8, 4) is 0 Å². The molecule has 0 spiro atoms. The zero-order valence-electron chi connectivity index (χ0n) is 18.2. The summed E-state index contributed by atoms with van der Waals surface area (Å²) in [5.41, 5.74) is 1.06. The number of amides is 1. The van der Waals surface area contributed by atoms with Gasteiger partial charge in [-0.25, -0.2) is 12.8 Å². The number of rotatable bonds is 6. The number of thiophene rings is 1. The van der Waals surface area contributed by atoms with Crippen LogP contribution >= 0.6 is 11.3 Å². The molecular formula is C23H30FN3O3S2. The summed E-state index contributed by atoms with van der Waals surface area (Å²) in [4.78, 5) is 17.9. The third kappa shape index (κ3) is 5.75. The standard InChI is InChI=1S/C23H30FN3O3S2/c24-20-7-5-19(6-8-20)18-25-11-4-12-26(16-15-25)22(28)17-21-9-10-23(31-21)32(29,30)27-13-2-1-3-14-27/h5-10H,1-4,11-18H2. The number of benzene rings is 1. The molecule has 6 nitrogen and oxygen atoms in total. The molecule has 2 aliphatic heterocycles. The van der Waals surface area contributed by atoms with Gasteiger partial charge in [-0.15, -0.1) is 11.3 Å². The van der Waals surface area contributed by atoms with E-state index in [2.05, 4.69) is 4.90 Å². The smallest absolute Gasteiger partial charge is 0.252 e. The van der Waals surface area contributed by atoms with Crippen LogP contribution in [-0.2, 0) is 27.8 Å². The van der Waals surface area contributed by atoms with Crippen molar-refractivity contribution < 1.29 is 17.6 Å². The van der Waals surface area contributed by atoms with Crippen molar-refractivity contribution in [3.05, 3.63) is 52.7 Å². The van der Waals surface area contributed by atoms with Crippen molar-refractivity contribution in [1.82, 2.24) is 14.1 Å². The number of carbonyl (C=O) groups excluding carboxylic acids is 1. The minimum atomic E-state index is -3.45. The molecule has 1 amide bonds. The van der Waals surface area contributed by atoms with Gasteiger partial charge in [0.2, 0.25) is 5.91 Å². The van der Waals surface area contributed by atoms with Gasteiger partial charge >= 0.3 is 0 Å². The molecule has 2 aromatic rings. The first-order valence-electron chi connectivity index (χ1n) is 11.3. The highest BCUT2D eigenvalue weighted by Gasteiger charge is 2.28. The Hall–Kier alpha value is -1.81. The summed E-state index contributed by atoms with van der Waals surface area (Å²) in [6.07, 6.45) is 4.00. The number of piperidine rings is 1. The molecule has 1 aromatic heterocycles. The van der Waals surface area contributed by atoms with E-state index < -0.39 is 10.0 Å². The molecule has 0 aliphatic carbocycles. The predicted octanol–water partition coefficient (Wildman–Crippen LogP) is 3.34. The molecule has 0 N–H and O–H groups in total. The molecule has 32 heavy (non-hydrogen) atoms. The Morgan fingerprint density at radius 2 is 1.62 bits per heavy atom. The molecule has 4 rings (SSSR count). The van der Waals surface area contributed by atoms with E-state index in [4.69, 9.17) is 0 Å². The predicted molar refractivity (Wildman–Crippen MR) is 124 cm³/mol. The van der Waals surface area contributed by atoms with Gasteiger partial charge in [0.05, 0.1) is 6.42 Å². The van der Waals surface area contributed by atoms with E-state index in [1.54, 1.807) is 28.6 Å². The quantitative estimate of drug-likeness (QED) is 0.638. The lowest BCUT2D eigenvalue weighted by Crippen LogP contribution is -2.36. The molecule has 0 unspecified atom stereocenters. The second-order valence-electron chi connectivity index (χ2n) is 8.50. The highest BCUT2D eigenvalue weighted by molar-refractivity contribution is 7.91. The Balaban J connectivity index is 1.32. The average Bonchev–Trinajstić information content (AvgIpc) is 3.14. The van der Waals surface area contributed by atoms with Crippen LogP contribution < -0.4 is 0 Å². The molecule has 9 heteroatoms. The van der Waals surface area contributed by atoms with Crippen LogP contribution in [-0.4, -0.2) is 67.7 Å². The van der Waals surface area contributed by atoms with Crippen molar-refractivity contribution in [2.45, 2.75) is 42.9 Å². The van der Waals surface area contributed by atoms with E-state index in [0.29, 0.717) is 30.4 Å². The number of hydrogen-bond acceptors (Lipinski definition) is 5. The first-order chi connectivity index (χ1) is 15.4. The van der Waals surface area contributed by atoms with Crippen LogP contribution in [0.3, 0.4) is 0 Å². The summed E-state index contributed by atoms with van der Waals surface area (Å²) in [5.74, 6) is -0.195. The van der Waals surface area contributed by atoms with E-state index >= 15 is 0 Å². The van der Waals surface area contributed by atoms with Crippen molar-refractivity contribution in [2.24, 2.45) is 0 Å². The van der Waals surface area contributed by atoms with Crippen molar-refractivity contribution in [2.75, 3.05) is 39.3 Å². The maximum absolute atomic E-state index is 13.1. The summed E-state index contributed by atoms with van der Waals surface area (Å²) in [7, 11) is -3.45. The summed E-state index contributed by atoms with van der Waals surface area (Å²) in [5, 5.41) is 0. The van der Waals surface area contributed by atoms with Crippen LogP contribution in [0.1, 0.15) is 36.1 Å². The first kappa shape index (κ1) is 23.4. The van der Waals surface area contributed by atoms with Gasteiger partial charge in [-0.05, 0) is 49.1 Å². The fraction of sp³-hybridized carbons (Fsp3) is 0.522. The first-order valence-corrected chi connectivity index (χ1v) is 13.5. The summed E-state index contributed by atoms with van der Waals surface area (Å²) in [6, 6.07) is 9.97. The van der Waals surface area contributed by atoms with Crippen molar-refractivity contribution >= 4 is 27.3 Å². The molecule has 174 valence electrons. The van der Waals surface area contributed by atoms with Crippen LogP contribution in [0.2, 0.25) is 0 Å². The van der Waals surface area contributed by atoms with E-state index in [1.807, 2.05) is 4.90 Å². The molecule has 0 atom stereocenters. The largest absolute Gasteiger partial charge is 0.341 e. The summed E-state index contributed by atoms with van der Waals surface area (Å²) >= 11 is 1.22. The lowest BCUT2D eigenvalue weighted by Gasteiger charge is -2.25. The third-order valence-electron chi connectivity index (χ3n) is 6.13. The Labute approximate surface area is 193 Å². The van der Waals surface area contributed by atoms with Crippen LogP contribution in [0.5, 0.6) is 0 Å². The van der Waals surface area contributed by atoms with E-state index in [0.717, 1.165) is 55.8 Å². The van der Waals surface area contributed by atoms with Crippen molar-refractivity contribution in [3.63, 3.8) is 0 Å². The number of carbonyl (C=O) groups is 1. The Kier molecular flexibility index (Phi) is 7.60. The molecular weight excluding hydrogens is 449 g/mol. The number of sulfonamides is 1. The summed E-state index contributed by atoms with van der Waals surface area (Å²) in [6.45, 7) is 4.90. The molecule has 2 saturated heterocycles. The maximum atomic E-state index is 13.1. The van der Waals surface area contributed by atoms with Gasteiger partial charge in [-0.3, -0.25) is 9.69 Å². The number of halogens is 1. The normalized spacial score (nSPS) is 19.1. The SMILES string of the molecule is O=C(Cc1ccc(S(=O)(=O)N2CCCCC2)s1)N1CCCN(Cc2ccc(F)cc2)CC1. The highest BCUT2D eigenvalue weighted by atomic mass is 32.2. The fourth-order valence-corrected chi connectivity index (χ4v) is 7.33. The second-order valence-corrected chi connectivity index (χ2v) is 11.8. The van der Waals surface area contributed by atoms with Gasteiger partial charge in [0.1, 0.15) is 10.0 Å². The van der Waals surface area contributed by atoms with E-state index in [1.165, 1.54) is 23.5 Å². The summed E-state index contributed by atoms with van der Waals surface area (Å²) < 4.78 is 40.7. The average molecular weight is 480 g/mol. The van der Waals surface area contributed by atoms with Gasteiger partial charge in [-0.2, -0.15) is 4.31 Å². The van der Waals surface area contributed by atoms with Gasteiger partial charge in [-0.1, -0.05) is 18.6 Å². The Morgan fingerprint density at radius 3 is 2.38 bits per heavy atom. The zero-order chi connectivity index (χ0) is 22.6.